The molecular weight excluding hydrogens is 348 g/mol. The third kappa shape index (κ3) is 4.56. The lowest BCUT2D eigenvalue weighted by Gasteiger charge is -2.47. The molecule has 0 radical (unpaired) electrons. The van der Waals surface area contributed by atoms with Crippen LogP contribution in [0.5, 0.6) is 5.75 Å². The predicted molar refractivity (Wildman–Crippen MR) is 111 cm³/mol. The Morgan fingerprint density at radius 1 is 1.04 bits per heavy atom. The summed E-state index contributed by atoms with van der Waals surface area (Å²) < 4.78 is 6.01. The molecule has 0 N–H and O–H groups in total. The molecular formula is C24H30N2O2. The summed E-state index contributed by atoms with van der Waals surface area (Å²) in [5, 5.41) is 0. The van der Waals surface area contributed by atoms with Gasteiger partial charge in [0, 0.05) is 32.6 Å². The molecule has 2 aromatic rings. The van der Waals surface area contributed by atoms with Crippen LogP contribution in [0.1, 0.15) is 37.3 Å². The molecule has 0 aromatic heterocycles. The lowest BCUT2D eigenvalue weighted by atomic mass is 9.83. The molecule has 0 bridgehead atoms. The summed E-state index contributed by atoms with van der Waals surface area (Å²) >= 11 is 0. The van der Waals surface area contributed by atoms with Gasteiger partial charge in [-0.15, -0.1) is 0 Å². The fraction of sp³-hybridized carbons (Fsp3) is 0.458. The lowest BCUT2D eigenvalue weighted by Crippen LogP contribution is -2.54. The highest BCUT2D eigenvalue weighted by atomic mass is 16.5. The van der Waals surface area contributed by atoms with Crippen LogP contribution in [0.2, 0.25) is 0 Å². The van der Waals surface area contributed by atoms with Crippen LogP contribution in [0.25, 0.3) is 0 Å². The van der Waals surface area contributed by atoms with Gasteiger partial charge in [0.2, 0.25) is 5.91 Å². The van der Waals surface area contributed by atoms with E-state index in [-0.39, 0.29) is 5.91 Å². The maximum Gasteiger partial charge on any atom is 0.219 e. The van der Waals surface area contributed by atoms with Crippen molar-refractivity contribution in [3.63, 3.8) is 0 Å². The number of piperidine rings is 2. The van der Waals surface area contributed by atoms with Crippen LogP contribution in [0.3, 0.4) is 0 Å². The van der Waals surface area contributed by atoms with Crippen molar-refractivity contribution in [1.29, 1.82) is 0 Å². The van der Waals surface area contributed by atoms with Crippen LogP contribution < -0.4 is 4.74 Å². The molecule has 0 spiro atoms. The Balaban J connectivity index is 1.38. The molecule has 2 saturated heterocycles. The van der Waals surface area contributed by atoms with Gasteiger partial charge in [-0.1, -0.05) is 42.5 Å². The summed E-state index contributed by atoms with van der Waals surface area (Å²) in [6, 6.07) is 19.4. The minimum atomic E-state index is 0.221. The number of benzene rings is 2. The molecule has 2 heterocycles. The summed E-state index contributed by atoms with van der Waals surface area (Å²) in [6.45, 7) is 6.23. The first-order chi connectivity index (χ1) is 13.7. The van der Waals surface area contributed by atoms with E-state index in [1.807, 2.05) is 29.2 Å². The van der Waals surface area contributed by atoms with Gasteiger partial charge in [-0.3, -0.25) is 9.69 Å². The van der Waals surface area contributed by atoms with E-state index in [0.29, 0.717) is 18.6 Å². The zero-order valence-corrected chi connectivity index (χ0v) is 16.7. The van der Waals surface area contributed by atoms with Gasteiger partial charge in [0.25, 0.3) is 0 Å². The summed E-state index contributed by atoms with van der Waals surface area (Å²) in [6.07, 6.45) is 3.55. The molecule has 2 aliphatic rings. The van der Waals surface area contributed by atoms with Crippen LogP contribution in [0.4, 0.5) is 0 Å². The Morgan fingerprint density at radius 3 is 2.68 bits per heavy atom. The smallest absolute Gasteiger partial charge is 0.219 e. The number of amides is 1. The minimum Gasteiger partial charge on any atom is -0.489 e. The highest BCUT2D eigenvalue weighted by Crippen LogP contribution is 2.32. The first kappa shape index (κ1) is 19.0. The molecule has 4 nitrogen and oxygen atoms in total. The second-order valence-corrected chi connectivity index (χ2v) is 8.12. The number of nitrogens with zero attached hydrogens (tertiary/aromatic N) is 2. The van der Waals surface area contributed by atoms with Crippen molar-refractivity contribution < 1.29 is 9.53 Å². The fourth-order valence-electron chi connectivity index (χ4n) is 4.70. The van der Waals surface area contributed by atoms with E-state index in [2.05, 4.69) is 35.2 Å². The monoisotopic (exact) mass is 378 g/mol. The molecule has 2 aliphatic heterocycles. The molecule has 1 amide bonds. The predicted octanol–water partition coefficient (Wildman–Crippen LogP) is 4.10. The maximum absolute atomic E-state index is 11.7. The van der Waals surface area contributed by atoms with Crippen molar-refractivity contribution in [3.8, 4) is 5.75 Å². The van der Waals surface area contributed by atoms with E-state index in [4.69, 9.17) is 4.74 Å². The zero-order valence-electron chi connectivity index (χ0n) is 16.7. The Labute approximate surface area is 168 Å². The SMILES string of the molecule is CC(=O)N1CC[C@H]2[C@H](CCCN2Cc2cccc(OCc3ccccc3)c2)C1. The van der Waals surface area contributed by atoms with Crippen molar-refractivity contribution in [2.24, 2.45) is 5.92 Å². The zero-order chi connectivity index (χ0) is 19.3. The third-order valence-corrected chi connectivity index (χ3v) is 6.16. The maximum atomic E-state index is 11.7. The van der Waals surface area contributed by atoms with Gasteiger partial charge < -0.3 is 9.64 Å². The van der Waals surface area contributed by atoms with Crippen molar-refractivity contribution in [2.75, 3.05) is 19.6 Å². The second-order valence-electron chi connectivity index (χ2n) is 8.12. The molecule has 2 fully saturated rings. The van der Waals surface area contributed by atoms with Crippen LogP contribution in [0, 0.1) is 5.92 Å². The molecule has 0 saturated carbocycles. The second kappa shape index (κ2) is 8.78. The molecule has 0 aliphatic carbocycles. The molecule has 0 unspecified atom stereocenters. The van der Waals surface area contributed by atoms with E-state index in [1.54, 1.807) is 6.92 Å². The van der Waals surface area contributed by atoms with Crippen molar-refractivity contribution >= 4 is 5.91 Å². The summed E-state index contributed by atoms with van der Waals surface area (Å²) in [5.41, 5.74) is 2.49. The highest BCUT2D eigenvalue weighted by Gasteiger charge is 2.36. The molecule has 28 heavy (non-hydrogen) atoms. The number of likely N-dealkylation sites (tertiary alicyclic amines) is 2. The number of hydrogen-bond acceptors (Lipinski definition) is 3. The largest absolute Gasteiger partial charge is 0.489 e. The first-order valence-corrected chi connectivity index (χ1v) is 10.4. The van der Waals surface area contributed by atoms with E-state index in [9.17, 15) is 4.79 Å². The van der Waals surface area contributed by atoms with Gasteiger partial charge >= 0.3 is 0 Å². The molecule has 4 rings (SSSR count). The number of fused-ring (bicyclic) bond motifs is 1. The minimum absolute atomic E-state index is 0.221. The fourth-order valence-corrected chi connectivity index (χ4v) is 4.70. The molecule has 148 valence electrons. The number of carbonyl (C=O) groups is 1. The topological polar surface area (TPSA) is 32.8 Å². The normalized spacial score (nSPS) is 22.5. The van der Waals surface area contributed by atoms with E-state index < -0.39 is 0 Å². The quantitative estimate of drug-likeness (QED) is 0.785. The average molecular weight is 379 g/mol. The highest BCUT2D eigenvalue weighted by molar-refractivity contribution is 5.73. The van der Waals surface area contributed by atoms with Gasteiger partial charge in [-0.2, -0.15) is 0 Å². The Hall–Kier alpha value is -2.33. The number of carbonyl (C=O) groups excluding carboxylic acids is 1. The number of ether oxygens (including phenoxy) is 1. The van der Waals surface area contributed by atoms with E-state index in [1.165, 1.54) is 24.0 Å². The molecule has 4 heteroatoms. The first-order valence-electron chi connectivity index (χ1n) is 10.4. The standard InChI is InChI=1S/C24H30N2O2/c1-19(27)25-14-12-24-22(17-25)10-6-13-26(24)16-21-9-5-11-23(15-21)28-18-20-7-3-2-4-8-20/h2-5,7-9,11,15,22,24H,6,10,12-14,16-18H2,1H3/t22-,24+/m1/s1. The van der Waals surface area contributed by atoms with Crippen molar-refractivity contribution in [3.05, 3.63) is 65.7 Å². The summed E-state index contributed by atoms with van der Waals surface area (Å²) in [7, 11) is 0. The molecule has 2 aromatic carbocycles. The van der Waals surface area contributed by atoms with Gasteiger partial charge in [-0.25, -0.2) is 0 Å². The Bertz CT molecular complexity index is 792. The van der Waals surface area contributed by atoms with E-state index >= 15 is 0 Å². The summed E-state index contributed by atoms with van der Waals surface area (Å²) in [5.74, 6) is 1.77. The summed E-state index contributed by atoms with van der Waals surface area (Å²) in [4.78, 5) is 16.4. The van der Waals surface area contributed by atoms with Crippen LogP contribution in [-0.4, -0.2) is 41.4 Å². The van der Waals surface area contributed by atoms with E-state index in [0.717, 1.165) is 38.3 Å². The van der Waals surface area contributed by atoms with Crippen LogP contribution >= 0.6 is 0 Å². The van der Waals surface area contributed by atoms with Gasteiger partial charge in [0.05, 0.1) is 0 Å². The Kier molecular flexibility index (Phi) is 5.96. The van der Waals surface area contributed by atoms with Gasteiger partial charge in [0.1, 0.15) is 12.4 Å². The van der Waals surface area contributed by atoms with Crippen LogP contribution in [-0.2, 0) is 17.9 Å². The third-order valence-electron chi connectivity index (χ3n) is 6.16. The van der Waals surface area contributed by atoms with Crippen molar-refractivity contribution in [2.45, 2.75) is 45.4 Å². The van der Waals surface area contributed by atoms with Crippen molar-refractivity contribution in [1.82, 2.24) is 9.80 Å². The van der Waals surface area contributed by atoms with Crippen LogP contribution in [0.15, 0.2) is 54.6 Å². The van der Waals surface area contributed by atoms with Gasteiger partial charge in [-0.05, 0) is 55.0 Å². The molecule has 2 atom stereocenters. The average Bonchev–Trinajstić information content (AvgIpc) is 2.73. The Morgan fingerprint density at radius 2 is 1.86 bits per heavy atom. The number of hydrogen-bond donors (Lipinski definition) is 0. The lowest BCUT2D eigenvalue weighted by molar-refractivity contribution is -0.132. The number of rotatable bonds is 5. The van der Waals surface area contributed by atoms with Gasteiger partial charge in [0.15, 0.2) is 0 Å².